The fourth-order valence-corrected chi connectivity index (χ4v) is 10.5. The molecular weight excluding hydrogens is 886 g/mol. The second-order valence-corrected chi connectivity index (χ2v) is 17.2. The van der Waals surface area contributed by atoms with Crippen LogP contribution >= 0.6 is 47.5 Å². The van der Waals surface area contributed by atoms with Crippen molar-refractivity contribution in [1.82, 2.24) is 10.3 Å². The van der Waals surface area contributed by atoms with Crippen molar-refractivity contribution >= 4 is 85.2 Å². The number of aromatic amines is 1. The molecule has 0 spiro atoms. The molecule has 1 amide bonds. The van der Waals surface area contributed by atoms with Gasteiger partial charge in [0, 0.05) is 87.9 Å². The van der Waals surface area contributed by atoms with Gasteiger partial charge in [-0.25, -0.2) is 14.5 Å². The molecule has 2 saturated heterocycles. The van der Waals surface area contributed by atoms with Gasteiger partial charge in [-0.15, -0.1) is 47.5 Å². The van der Waals surface area contributed by atoms with Crippen molar-refractivity contribution in [2.45, 2.75) is 106 Å². The zero-order valence-electron chi connectivity index (χ0n) is 37.4. The van der Waals surface area contributed by atoms with Gasteiger partial charge in [-0.05, 0) is 109 Å². The lowest BCUT2D eigenvalue weighted by molar-refractivity contribution is -0.115. The summed E-state index contributed by atoms with van der Waals surface area (Å²) in [6.45, 7) is 35.3. The molecule has 18 heteroatoms. The lowest BCUT2D eigenvalue weighted by Crippen LogP contribution is -2.39. The molecule has 2 aliphatic heterocycles. The molecule has 3 aliphatic rings. The molecule has 0 aromatic carbocycles. The number of aryl methyl sites for hydroxylation is 2. The number of hydrogen-bond donors (Lipinski definition) is 4. The second kappa shape index (κ2) is 25.7. The molecule has 1 aliphatic carbocycles. The Morgan fingerprint density at radius 2 is 1.33 bits per heavy atom. The number of nitrogens with one attached hydrogen (secondary N) is 2. The third-order valence-corrected chi connectivity index (χ3v) is 13.6. The van der Waals surface area contributed by atoms with Crippen LogP contribution in [0.5, 0.6) is 0 Å². The molecule has 5 N–H and O–H groups in total. The van der Waals surface area contributed by atoms with Gasteiger partial charge < -0.3 is 40.4 Å². The number of nitrogens with two attached hydrogens (primary N) is 1. The van der Waals surface area contributed by atoms with Gasteiger partial charge in [-0.3, -0.25) is 14.4 Å². The summed E-state index contributed by atoms with van der Waals surface area (Å²) in [5, 5.41) is 14.7. The number of aromatic carboxylic acids is 1. The van der Waals surface area contributed by atoms with Gasteiger partial charge in [0.25, 0.3) is 15.6 Å². The van der Waals surface area contributed by atoms with E-state index in [2.05, 4.69) is 43.6 Å². The van der Waals surface area contributed by atoms with Crippen LogP contribution in [0.4, 0.5) is 20.0 Å². The molecule has 63 heavy (non-hydrogen) atoms. The van der Waals surface area contributed by atoms with Crippen LogP contribution in [0.25, 0.3) is 9.69 Å². The monoisotopic (exact) mass is 945 g/mol. The number of carboxylic acid groups (broad SMARTS) is 1. The average Bonchev–Trinajstić information content (AvgIpc) is 3.74. The number of pyridine rings is 1. The number of carboxylic acids is 1. The maximum absolute atomic E-state index is 13.0. The number of nitrogens with zero attached hydrogens (tertiary/aromatic N) is 4. The van der Waals surface area contributed by atoms with Crippen LogP contribution in [-0.2, 0) is 20.8 Å². The number of anilines is 2. The van der Waals surface area contributed by atoms with Crippen LogP contribution in [0.1, 0.15) is 108 Å². The number of halogens is 2. The number of thiophene rings is 2. The molecule has 0 bridgehead atoms. The van der Waals surface area contributed by atoms with Crippen molar-refractivity contribution < 1.29 is 29.0 Å². The lowest BCUT2D eigenvalue weighted by atomic mass is 9.93. The average molecular weight is 947 g/mol. The quantitative estimate of drug-likeness (QED) is 0.136. The first-order chi connectivity index (χ1) is 29.1. The number of rotatable bonds is 11. The Bertz CT molecular complexity index is 2290. The minimum Gasteiger partial charge on any atom is -0.479 e. The summed E-state index contributed by atoms with van der Waals surface area (Å²) < 4.78 is 10.9. The largest absolute Gasteiger partial charge is 0.479 e. The van der Waals surface area contributed by atoms with E-state index in [1.54, 1.807) is 6.92 Å². The van der Waals surface area contributed by atoms with E-state index >= 15 is 0 Å². The van der Waals surface area contributed by atoms with Gasteiger partial charge in [-0.2, -0.15) is 0 Å². The van der Waals surface area contributed by atoms with Crippen LogP contribution < -0.4 is 26.4 Å². The Labute approximate surface area is 391 Å². The predicted octanol–water partition coefficient (Wildman–Crippen LogP) is 9.18. The number of allylic oxidation sites excluding steroid dienone is 3. The molecular formula is C45H61Cl2N7O7S2. The van der Waals surface area contributed by atoms with Crippen LogP contribution in [0.15, 0.2) is 33.7 Å². The predicted molar refractivity (Wildman–Crippen MR) is 259 cm³/mol. The van der Waals surface area contributed by atoms with E-state index in [-0.39, 0.29) is 59.2 Å². The van der Waals surface area contributed by atoms with E-state index in [9.17, 15) is 24.3 Å². The van der Waals surface area contributed by atoms with Crippen molar-refractivity contribution in [3.8, 4) is 0 Å². The first-order valence-electron chi connectivity index (χ1n) is 20.6. The Hall–Kier alpha value is -4.52. The van der Waals surface area contributed by atoms with Gasteiger partial charge in [-0.1, -0.05) is 11.6 Å². The summed E-state index contributed by atoms with van der Waals surface area (Å²) in [6, 6.07) is 2.60. The molecule has 5 heterocycles. The van der Waals surface area contributed by atoms with Crippen molar-refractivity contribution in [3.05, 3.63) is 101 Å². The summed E-state index contributed by atoms with van der Waals surface area (Å²) in [7, 11) is 0. The summed E-state index contributed by atoms with van der Waals surface area (Å²) in [5.74, 6) is -1.15. The molecule has 3 aromatic rings. The summed E-state index contributed by atoms with van der Waals surface area (Å²) in [5.41, 5.74) is 12.4. The molecule has 3 aromatic heterocycles. The Morgan fingerprint density at radius 3 is 1.73 bits per heavy atom. The van der Waals surface area contributed by atoms with Crippen LogP contribution in [0.3, 0.4) is 0 Å². The minimum atomic E-state index is -1.01. The minimum absolute atomic E-state index is 0. The van der Waals surface area contributed by atoms with Gasteiger partial charge >= 0.3 is 5.97 Å². The summed E-state index contributed by atoms with van der Waals surface area (Å²) in [4.78, 5) is 62.1. The first kappa shape index (κ1) is 54.6. The number of amides is 1. The number of carbonyl (C=O) groups excluding carboxylic acids is 2. The molecule has 344 valence electrons. The highest BCUT2D eigenvalue weighted by atomic mass is 35.5. The number of ketones is 1. The second-order valence-electron chi connectivity index (χ2n) is 15.3. The number of H-pyrrole nitrogens is 1. The van der Waals surface area contributed by atoms with E-state index in [4.69, 9.17) is 28.4 Å². The fourth-order valence-electron chi connectivity index (χ4n) is 8.05. The molecule has 0 saturated carbocycles. The fraction of sp³-hybridized carbons (Fsp3) is 0.511. The normalized spacial score (nSPS) is 15.2. The third kappa shape index (κ3) is 13.5. The maximum Gasteiger partial charge on any atom is 0.326 e. The Balaban J connectivity index is 0.000000356. The highest BCUT2D eigenvalue weighted by Gasteiger charge is 2.30. The number of Topliss-reactive ketones (excluding diaryl/α,β-unsaturated/α-hetero) is 1. The molecule has 0 atom stereocenters. The topological polar surface area (TPSA) is 176 Å². The van der Waals surface area contributed by atoms with E-state index in [1.165, 1.54) is 22.7 Å². The number of carbonyl (C=O) groups is 3. The number of aromatic nitrogens is 1. The van der Waals surface area contributed by atoms with E-state index in [0.717, 1.165) is 109 Å². The van der Waals surface area contributed by atoms with Crippen molar-refractivity contribution in [3.63, 3.8) is 0 Å². The van der Waals surface area contributed by atoms with E-state index < -0.39 is 5.97 Å². The number of hydrogen-bond acceptors (Lipinski definition) is 11. The van der Waals surface area contributed by atoms with Crippen molar-refractivity contribution in [2.24, 2.45) is 5.73 Å². The van der Waals surface area contributed by atoms with Gasteiger partial charge in [0.15, 0.2) is 5.78 Å². The zero-order chi connectivity index (χ0) is 45.0. The van der Waals surface area contributed by atoms with Crippen molar-refractivity contribution in [1.29, 1.82) is 0 Å². The van der Waals surface area contributed by atoms with Gasteiger partial charge in [0.2, 0.25) is 5.91 Å². The van der Waals surface area contributed by atoms with Crippen LogP contribution in [-0.4, -0.2) is 85.9 Å². The Kier molecular flexibility index (Phi) is 22.3. The molecule has 2 fully saturated rings. The highest BCUT2D eigenvalue weighted by Crippen LogP contribution is 2.44. The van der Waals surface area contributed by atoms with E-state index in [1.807, 2.05) is 46.8 Å². The lowest BCUT2D eigenvalue weighted by Gasteiger charge is -2.35. The molecule has 0 radical (unpaired) electrons. The smallest absolute Gasteiger partial charge is 0.326 e. The highest BCUT2D eigenvalue weighted by molar-refractivity contribution is 7.21. The van der Waals surface area contributed by atoms with Crippen molar-refractivity contribution in [2.75, 3.05) is 55.9 Å². The van der Waals surface area contributed by atoms with E-state index in [0.29, 0.717) is 46.7 Å². The zero-order valence-corrected chi connectivity index (χ0v) is 40.7. The molecule has 6 rings (SSSR count). The van der Waals surface area contributed by atoms with Crippen LogP contribution in [0, 0.1) is 40.8 Å². The molecule has 0 unspecified atom stereocenters. The third-order valence-electron chi connectivity index (χ3n) is 11.2. The van der Waals surface area contributed by atoms with Gasteiger partial charge in [0.1, 0.15) is 0 Å². The summed E-state index contributed by atoms with van der Waals surface area (Å²) >= 11 is 2.66. The first-order valence-corrected chi connectivity index (χ1v) is 22.3. The van der Waals surface area contributed by atoms with Gasteiger partial charge in [0.05, 0.1) is 34.3 Å². The summed E-state index contributed by atoms with van der Waals surface area (Å²) in [6.07, 6.45) is 6.35. The Morgan fingerprint density at radius 1 is 0.857 bits per heavy atom. The van der Waals surface area contributed by atoms with Crippen LogP contribution in [0.2, 0.25) is 0 Å². The number of ether oxygens (including phenoxy) is 2. The molecule has 14 nitrogen and oxygen atoms in total. The standard InChI is InChI=1S/C22H28N4O3S.C14H18N2O3S.C9H13NO.2ClH/c1-6-26(16-7-9-29-10-8-16)22-15(4)18(21(23-5)30-22)20(28)24-12-17-13(2)11-14(3)25-19(17)27;1-4-16(10-5-7-19-8-6-10)13-9(2)11(14(17)18)12(15-3)20-13;1-6-3-7(2)8(5-10)9(11)4-6;;/h11,16H,6-10,12H2,1-4H3,(H,24,28)(H,25,27);10H,4-8H2,1-2H3,(H,17,18);3H,4-5,10H2,1-2H3;2*1H. The SMILES string of the molecule is CC1=CC(C)=C(CN)C(=O)C1.Cl.Cl.[C-]#[N+]c1sc(N(CC)C2CCOCC2)c(C)c1C(=O)NCc1c(C)cc(C)[nH]c1=O.[C-]#[N+]c1sc(N(CC)C2CCOCC2)c(C)c1C(=O)O. The maximum atomic E-state index is 13.0.